The lowest BCUT2D eigenvalue weighted by atomic mass is 10.0. The van der Waals surface area contributed by atoms with Crippen molar-refractivity contribution >= 4 is 0 Å². The van der Waals surface area contributed by atoms with Crippen LogP contribution < -0.4 is 5.73 Å². The van der Waals surface area contributed by atoms with Crippen molar-refractivity contribution in [3.63, 3.8) is 0 Å². The van der Waals surface area contributed by atoms with Crippen LogP contribution in [0, 0.1) is 12.7 Å². The third-order valence-electron chi connectivity index (χ3n) is 3.05. The second-order valence-electron chi connectivity index (χ2n) is 4.47. The Morgan fingerprint density at radius 3 is 2.89 bits per heavy atom. The summed E-state index contributed by atoms with van der Waals surface area (Å²) < 4.78 is 15.6. The highest BCUT2D eigenvalue weighted by Gasteiger charge is 2.15. The molecule has 0 aliphatic rings. The van der Waals surface area contributed by atoms with Gasteiger partial charge in [0.25, 0.3) is 0 Å². The molecule has 96 valence electrons. The average molecular weight is 247 g/mol. The van der Waals surface area contributed by atoms with E-state index >= 15 is 0 Å². The van der Waals surface area contributed by atoms with Gasteiger partial charge in [0.05, 0.1) is 6.04 Å². The summed E-state index contributed by atoms with van der Waals surface area (Å²) in [5.41, 5.74) is 7.54. The smallest absolute Gasteiger partial charge is 0.130 e. The van der Waals surface area contributed by atoms with Gasteiger partial charge in [0.15, 0.2) is 0 Å². The molecular weight excluding hydrogens is 229 g/mol. The Morgan fingerprint density at radius 1 is 1.44 bits per heavy atom. The molecule has 0 amide bonds. The monoisotopic (exact) mass is 247 g/mol. The molecule has 0 spiro atoms. The first kappa shape index (κ1) is 12.8. The van der Waals surface area contributed by atoms with Crippen LogP contribution in [0.2, 0.25) is 0 Å². The van der Waals surface area contributed by atoms with E-state index in [1.165, 1.54) is 6.07 Å². The Labute approximate surface area is 106 Å². The molecule has 0 radical (unpaired) electrons. The largest absolute Gasteiger partial charge is 0.333 e. The summed E-state index contributed by atoms with van der Waals surface area (Å²) in [5, 5.41) is 0. The summed E-state index contributed by atoms with van der Waals surface area (Å²) >= 11 is 0. The van der Waals surface area contributed by atoms with Crippen molar-refractivity contribution in [1.82, 2.24) is 9.55 Å². The van der Waals surface area contributed by atoms with Gasteiger partial charge in [0.1, 0.15) is 11.6 Å². The van der Waals surface area contributed by atoms with Crippen LogP contribution in [0.25, 0.3) is 0 Å². The number of halogens is 1. The molecule has 0 bridgehead atoms. The van der Waals surface area contributed by atoms with E-state index in [1.54, 1.807) is 19.2 Å². The highest BCUT2D eigenvalue weighted by Crippen LogP contribution is 2.20. The van der Waals surface area contributed by atoms with Crippen molar-refractivity contribution < 1.29 is 4.39 Å². The molecule has 0 fully saturated rings. The van der Waals surface area contributed by atoms with Crippen LogP contribution in [-0.4, -0.2) is 9.55 Å². The Hall–Kier alpha value is -1.68. The van der Waals surface area contributed by atoms with Gasteiger partial charge in [0, 0.05) is 18.9 Å². The zero-order valence-corrected chi connectivity index (χ0v) is 10.7. The maximum Gasteiger partial charge on any atom is 0.130 e. The molecule has 1 aromatic heterocycles. The van der Waals surface area contributed by atoms with Gasteiger partial charge in [0.2, 0.25) is 0 Å². The van der Waals surface area contributed by atoms with Gasteiger partial charge in [-0.15, -0.1) is 0 Å². The van der Waals surface area contributed by atoms with E-state index in [0.717, 1.165) is 24.4 Å². The van der Waals surface area contributed by atoms with Crippen molar-refractivity contribution in [2.75, 3.05) is 0 Å². The molecule has 2 N–H and O–H groups in total. The molecule has 18 heavy (non-hydrogen) atoms. The van der Waals surface area contributed by atoms with Crippen LogP contribution in [0.5, 0.6) is 0 Å². The van der Waals surface area contributed by atoms with E-state index in [9.17, 15) is 4.39 Å². The second-order valence-corrected chi connectivity index (χ2v) is 4.47. The number of imidazole rings is 1. The molecule has 1 unspecified atom stereocenters. The number of nitrogens with two attached hydrogens (primary N) is 1. The Morgan fingerprint density at radius 2 is 2.22 bits per heavy atom. The van der Waals surface area contributed by atoms with Crippen LogP contribution in [0.1, 0.15) is 36.3 Å². The standard InChI is InChI=1S/C14H18FN3/c1-3-7-18-8-6-17-14(18)13(16)11-5-4-10(2)12(15)9-11/h4-6,8-9,13H,3,7,16H2,1-2H3. The zero-order chi connectivity index (χ0) is 13.1. The normalized spacial score (nSPS) is 12.7. The van der Waals surface area contributed by atoms with E-state index in [-0.39, 0.29) is 11.9 Å². The number of hydrogen-bond donors (Lipinski definition) is 1. The highest BCUT2D eigenvalue weighted by molar-refractivity contribution is 5.29. The number of nitrogens with zero attached hydrogens (tertiary/aromatic N) is 2. The first-order chi connectivity index (χ1) is 8.63. The van der Waals surface area contributed by atoms with Crippen LogP contribution in [0.3, 0.4) is 0 Å². The fraction of sp³-hybridized carbons (Fsp3) is 0.357. The van der Waals surface area contributed by atoms with Crippen LogP contribution in [0.15, 0.2) is 30.6 Å². The fourth-order valence-electron chi connectivity index (χ4n) is 1.98. The van der Waals surface area contributed by atoms with Crippen molar-refractivity contribution in [3.8, 4) is 0 Å². The van der Waals surface area contributed by atoms with Gasteiger partial charge in [-0.3, -0.25) is 0 Å². The van der Waals surface area contributed by atoms with Gasteiger partial charge in [-0.05, 0) is 30.5 Å². The van der Waals surface area contributed by atoms with Crippen LogP contribution >= 0.6 is 0 Å². The maximum atomic E-state index is 13.5. The minimum atomic E-state index is -0.387. The first-order valence-corrected chi connectivity index (χ1v) is 6.16. The van der Waals surface area contributed by atoms with Gasteiger partial charge >= 0.3 is 0 Å². The third kappa shape index (κ3) is 2.43. The van der Waals surface area contributed by atoms with Gasteiger partial charge in [-0.2, -0.15) is 0 Å². The summed E-state index contributed by atoms with van der Waals surface area (Å²) in [4.78, 5) is 4.28. The zero-order valence-electron chi connectivity index (χ0n) is 10.7. The lowest BCUT2D eigenvalue weighted by molar-refractivity contribution is 0.598. The predicted octanol–water partition coefficient (Wildman–Crippen LogP) is 2.79. The highest BCUT2D eigenvalue weighted by atomic mass is 19.1. The molecule has 0 saturated carbocycles. The van der Waals surface area contributed by atoms with Crippen molar-refractivity contribution in [1.29, 1.82) is 0 Å². The molecule has 1 heterocycles. The second kappa shape index (κ2) is 5.31. The molecule has 1 aromatic carbocycles. The van der Waals surface area contributed by atoms with Gasteiger partial charge in [-0.1, -0.05) is 19.1 Å². The minimum Gasteiger partial charge on any atom is -0.333 e. The number of hydrogen-bond acceptors (Lipinski definition) is 2. The number of aryl methyl sites for hydroxylation is 2. The SMILES string of the molecule is CCCn1ccnc1C(N)c1ccc(C)c(F)c1. The number of rotatable bonds is 4. The van der Waals surface area contributed by atoms with Gasteiger partial charge in [-0.25, -0.2) is 9.37 Å². The topological polar surface area (TPSA) is 43.8 Å². The van der Waals surface area contributed by atoms with E-state index in [1.807, 2.05) is 16.8 Å². The average Bonchev–Trinajstić information content (AvgIpc) is 2.80. The number of aromatic nitrogens is 2. The molecule has 3 nitrogen and oxygen atoms in total. The van der Waals surface area contributed by atoms with E-state index in [4.69, 9.17) is 5.73 Å². The third-order valence-corrected chi connectivity index (χ3v) is 3.05. The Balaban J connectivity index is 2.32. The fourth-order valence-corrected chi connectivity index (χ4v) is 1.98. The van der Waals surface area contributed by atoms with Gasteiger partial charge < -0.3 is 10.3 Å². The molecule has 0 aliphatic carbocycles. The molecule has 2 rings (SSSR count). The molecular formula is C14H18FN3. The Bertz CT molecular complexity index is 534. The molecule has 0 saturated heterocycles. The summed E-state index contributed by atoms with van der Waals surface area (Å²) in [6, 6.07) is 4.71. The minimum absolute atomic E-state index is 0.225. The summed E-state index contributed by atoms with van der Waals surface area (Å²) in [7, 11) is 0. The summed E-state index contributed by atoms with van der Waals surface area (Å²) in [6.07, 6.45) is 4.65. The van der Waals surface area contributed by atoms with Crippen molar-refractivity contribution in [2.45, 2.75) is 32.9 Å². The molecule has 2 aromatic rings. The quantitative estimate of drug-likeness (QED) is 0.902. The van der Waals surface area contributed by atoms with Crippen LogP contribution in [-0.2, 0) is 6.54 Å². The van der Waals surface area contributed by atoms with E-state index in [2.05, 4.69) is 11.9 Å². The van der Waals surface area contributed by atoms with Crippen LogP contribution in [0.4, 0.5) is 4.39 Å². The predicted molar refractivity (Wildman–Crippen MR) is 69.7 cm³/mol. The lowest BCUT2D eigenvalue weighted by Gasteiger charge is -2.14. The van der Waals surface area contributed by atoms with E-state index in [0.29, 0.717) is 5.56 Å². The summed E-state index contributed by atoms with van der Waals surface area (Å²) in [6.45, 7) is 4.71. The lowest BCUT2D eigenvalue weighted by Crippen LogP contribution is -2.18. The molecule has 1 atom stereocenters. The van der Waals surface area contributed by atoms with Crippen molar-refractivity contribution in [3.05, 3.63) is 53.4 Å². The summed E-state index contributed by atoms with van der Waals surface area (Å²) in [5.74, 6) is 0.552. The molecule has 4 heteroatoms. The Kier molecular flexibility index (Phi) is 3.77. The van der Waals surface area contributed by atoms with Crippen molar-refractivity contribution in [2.24, 2.45) is 5.73 Å². The van der Waals surface area contributed by atoms with E-state index < -0.39 is 0 Å². The maximum absolute atomic E-state index is 13.5. The first-order valence-electron chi connectivity index (χ1n) is 6.16. The number of benzene rings is 1. The molecule has 0 aliphatic heterocycles.